The van der Waals surface area contributed by atoms with Gasteiger partial charge in [0.05, 0.1) is 11.4 Å². The summed E-state index contributed by atoms with van der Waals surface area (Å²) in [6, 6.07) is 25.8. The van der Waals surface area contributed by atoms with Crippen molar-refractivity contribution < 1.29 is 0 Å². The van der Waals surface area contributed by atoms with Crippen molar-refractivity contribution in [2.24, 2.45) is 0 Å². The van der Waals surface area contributed by atoms with Crippen molar-refractivity contribution in [2.45, 2.75) is 33.1 Å². The fourth-order valence-electron chi connectivity index (χ4n) is 4.32. The summed E-state index contributed by atoms with van der Waals surface area (Å²) < 4.78 is 2.13. The van der Waals surface area contributed by atoms with Gasteiger partial charge in [-0.3, -0.25) is 0 Å². The molecule has 3 nitrogen and oxygen atoms in total. The Morgan fingerprint density at radius 2 is 1.50 bits per heavy atom. The average molecular weight is 394 g/mol. The second-order valence-electron chi connectivity index (χ2n) is 8.13. The van der Waals surface area contributed by atoms with Crippen LogP contribution < -0.4 is 5.32 Å². The van der Waals surface area contributed by atoms with Crippen molar-refractivity contribution in [1.82, 2.24) is 9.78 Å². The van der Waals surface area contributed by atoms with Crippen molar-refractivity contribution >= 4 is 5.82 Å². The van der Waals surface area contributed by atoms with E-state index < -0.39 is 0 Å². The molecule has 0 spiro atoms. The van der Waals surface area contributed by atoms with Gasteiger partial charge in [0.25, 0.3) is 0 Å². The van der Waals surface area contributed by atoms with E-state index in [1.807, 2.05) is 0 Å². The third kappa shape index (κ3) is 3.30. The normalized spacial score (nSPS) is 13.4. The van der Waals surface area contributed by atoms with Crippen molar-refractivity contribution in [3.63, 3.8) is 0 Å². The summed E-state index contributed by atoms with van der Waals surface area (Å²) in [5.41, 5.74) is 9.81. The van der Waals surface area contributed by atoms with Crippen LogP contribution in [0, 0.1) is 13.8 Å². The Morgan fingerprint density at radius 3 is 2.30 bits per heavy atom. The molecule has 1 aromatic heterocycles. The van der Waals surface area contributed by atoms with E-state index >= 15 is 0 Å². The van der Waals surface area contributed by atoms with Gasteiger partial charge >= 0.3 is 0 Å². The second kappa shape index (κ2) is 7.83. The number of hydrogen-bond acceptors (Lipinski definition) is 2. The summed E-state index contributed by atoms with van der Waals surface area (Å²) in [5, 5.41) is 8.80. The number of rotatable bonds is 3. The predicted octanol–water partition coefficient (Wildman–Crippen LogP) is 6.57. The van der Waals surface area contributed by atoms with Crippen molar-refractivity contribution in [3.05, 3.63) is 89.5 Å². The molecule has 0 aliphatic carbocycles. The van der Waals surface area contributed by atoms with Gasteiger partial charge in [0.1, 0.15) is 5.82 Å². The highest BCUT2D eigenvalue weighted by Gasteiger charge is 2.22. The minimum atomic E-state index is 0.996. The predicted molar refractivity (Wildman–Crippen MR) is 125 cm³/mol. The lowest BCUT2D eigenvalue weighted by Gasteiger charge is -2.13. The van der Waals surface area contributed by atoms with Crippen LogP contribution in [0.15, 0.2) is 72.8 Å². The third-order valence-corrected chi connectivity index (χ3v) is 6.20. The highest BCUT2D eigenvalue weighted by molar-refractivity contribution is 5.74. The monoisotopic (exact) mass is 393 g/mol. The minimum Gasteiger partial charge on any atom is -0.370 e. The highest BCUT2D eigenvalue weighted by atomic mass is 15.3. The molecule has 0 unspecified atom stereocenters. The molecule has 1 aliphatic rings. The summed E-state index contributed by atoms with van der Waals surface area (Å²) in [4.78, 5) is 0. The molecule has 1 N–H and O–H groups in total. The fourth-order valence-corrected chi connectivity index (χ4v) is 4.32. The number of aryl methyl sites for hydroxylation is 1. The molecule has 1 aliphatic heterocycles. The molecule has 0 atom stereocenters. The summed E-state index contributed by atoms with van der Waals surface area (Å²) in [7, 11) is 0. The Kier molecular flexibility index (Phi) is 4.88. The van der Waals surface area contributed by atoms with Gasteiger partial charge in [0.15, 0.2) is 0 Å². The molecule has 0 bridgehead atoms. The minimum absolute atomic E-state index is 0.996. The lowest BCUT2D eigenvalue weighted by atomic mass is 10.00. The quantitative estimate of drug-likeness (QED) is 0.426. The Balaban J connectivity index is 1.62. The molecule has 150 valence electrons. The van der Waals surface area contributed by atoms with Gasteiger partial charge in [-0.25, -0.2) is 4.68 Å². The largest absolute Gasteiger partial charge is 0.370 e. The Bertz CT molecular complexity index is 1170. The zero-order chi connectivity index (χ0) is 20.5. The van der Waals surface area contributed by atoms with Crippen LogP contribution in [0.1, 0.15) is 29.5 Å². The van der Waals surface area contributed by atoms with E-state index in [0.29, 0.717) is 0 Å². The van der Waals surface area contributed by atoms with Crippen LogP contribution in [-0.4, -0.2) is 16.3 Å². The molecule has 3 heteroatoms. The standard InChI is InChI=1S/C27H27N3/c1-19-9-8-13-25(20(19)2)30-27-24(12-6-7-18-28-27)26(29-30)23-16-14-22(15-17-23)21-10-4-3-5-11-21/h3-5,8-11,13-17,28H,6-7,12,18H2,1-2H3. The topological polar surface area (TPSA) is 29.9 Å². The van der Waals surface area contributed by atoms with Crippen molar-refractivity contribution in [1.29, 1.82) is 0 Å². The average Bonchev–Trinajstić information content (AvgIpc) is 2.97. The van der Waals surface area contributed by atoms with E-state index in [9.17, 15) is 0 Å². The molecule has 0 saturated carbocycles. The molecule has 0 radical (unpaired) electrons. The molecule has 0 saturated heterocycles. The summed E-state index contributed by atoms with van der Waals surface area (Å²) in [6.07, 6.45) is 3.43. The summed E-state index contributed by atoms with van der Waals surface area (Å²) >= 11 is 0. The number of fused-ring (bicyclic) bond motifs is 1. The van der Waals surface area contributed by atoms with Gasteiger partial charge < -0.3 is 5.32 Å². The highest BCUT2D eigenvalue weighted by Crippen LogP contribution is 2.35. The molecular formula is C27H27N3. The maximum absolute atomic E-state index is 5.13. The molecule has 4 aromatic rings. The maximum atomic E-state index is 5.13. The second-order valence-corrected chi connectivity index (χ2v) is 8.13. The van der Waals surface area contributed by atoms with Crippen LogP contribution in [0.3, 0.4) is 0 Å². The maximum Gasteiger partial charge on any atom is 0.133 e. The van der Waals surface area contributed by atoms with Crippen LogP contribution >= 0.6 is 0 Å². The Hall–Kier alpha value is -3.33. The first-order valence-corrected chi connectivity index (χ1v) is 10.8. The fraction of sp³-hybridized carbons (Fsp3) is 0.222. The van der Waals surface area contributed by atoms with Crippen LogP contribution in [0.5, 0.6) is 0 Å². The molecule has 5 rings (SSSR count). The van der Waals surface area contributed by atoms with Crippen LogP contribution in [-0.2, 0) is 6.42 Å². The molecular weight excluding hydrogens is 366 g/mol. The van der Waals surface area contributed by atoms with E-state index in [-0.39, 0.29) is 0 Å². The van der Waals surface area contributed by atoms with Gasteiger partial charge in [-0.2, -0.15) is 5.10 Å². The SMILES string of the molecule is Cc1cccc(-n2nc(-c3ccc(-c4ccccc4)cc3)c3c2NCCCC3)c1C. The first-order chi connectivity index (χ1) is 14.7. The number of hydrogen-bond donors (Lipinski definition) is 1. The van der Waals surface area contributed by atoms with Gasteiger partial charge in [-0.1, -0.05) is 66.7 Å². The lowest BCUT2D eigenvalue weighted by Crippen LogP contribution is -2.08. The van der Waals surface area contributed by atoms with E-state index in [0.717, 1.165) is 30.2 Å². The van der Waals surface area contributed by atoms with Crippen molar-refractivity contribution in [2.75, 3.05) is 11.9 Å². The smallest absolute Gasteiger partial charge is 0.133 e. The van der Waals surface area contributed by atoms with Crippen LogP contribution in [0.4, 0.5) is 5.82 Å². The molecule has 3 aromatic carbocycles. The summed E-state index contributed by atoms with van der Waals surface area (Å²) in [5.74, 6) is 1.16. The van der Waals surface area contributed by atoms with Crippen LogP contribution in [0.25, 0.3) is 28.1 Å². The Morgan fingerprint density at radius 1 is 0.767 bits per heavy atom. The van der Waals surface area contributed by atoms with E-state index in [4.69, 9.17) is 5.10 Å². The third-order valence-electron chi connectivity index (χ3n) is 6.20. The number of nitrogens with one attached hydrogen (secondary N) is 1. The van der Waals surface area contributed by atoms with E-state index in [1.165, 1.54) is 46.2 Å². The van der Waals surface area contributed by atoms with Gasteiger partial charge in [-0.05, 0) is 61.4 Å². The number of aromatic nitrogens is 2. The zero-order valence-corrected chi connectivity index (χ0v) is 17.7. The first kappa shape index (κ1) is 18.7. The summed E-state index contributed by atoms with van der Waals surface area (Å²) in [6.45, 7) is 5.34. The van der Waals surface area contributed by atoms with Gasteiger partial charge in [-0.15, -0.1) is 0 Å². The van der Waals surface area contributed by atoms with Gasteiger partial charge in [0, 0.05) is 17.7 Å². The molecule has 2 heterocycles. The number of benzene rings is 3. The number of anilines is 1. The van der Waals surface area contributed by atoms with Crippen molar-refractivity contribution in [3.8, 4) is 28.1 Å². The lowest BCUT2D eigenvalue weighted by molar-refractivity contribution is 0.779. The number of nitrogens with zero attached hydrogens (tertiary/aromatic N) is 2. The first-order valence-electron chi connectivity index (χ1n) is 10.8. The van der Waals surface area contributed by atoms with E-state index in [2.05, 4.69) is 96.6 Å². The molecule has 0 amide bonds. The molecule has 0 fully saturated rings. The Labute approximate surface area is 178 Å². The molecule has 30 heavy (non-hydrogen) atoms. The van der Waals surface area contributed by atoms with Crippen LogP contribution in [0.2, 0.25) is 0 Å². The zero-order valence-electron chi connectivity index (χ0n) is 17.7. The van der Waals surface area contributed by atoms with Gasteiger partial charge in [0.2, 0.25) is 0 Å². The van der Waals surface area contributed by atoms with E-state index in [1.54, 1.807) is 0 Å².